The van der Waals surface area contributed by atoms with Crippen LogP contribution in [0.3, 0.4) is 0 Å². The lowest BCUT2D eigenvalue weighted by Crippen LogP contribution is -2.27. The SMILES string of the molecule is COc1cc(/C=C2/SC(=O)N(c3ccc(Cl)cc3)C2=O)cc(OC)c1O. The Bertz CT molecular complexity index is 885. The van der Waals surface area contributed by atoms with E-state index in [2.05, 4.69) is 0 Å². The molecule has 2 aromatic rings. The molecule has 0 aromatic heterocycles. The fourth-order valence-corrected chi connectivity index (χ4v) is 3.40. The van der Waals surface area contributed by atoms with Crippen LogP contribution in [0.1, 0.15) is 5.56 Å². The van der Waals surface area contributed by atoms with E-state index in [0.29, 0.717) is 16.3 Å². The molecule has 1 N–H and O–H groups in total. The highest BCUT2D eigenvalue weighted by Crippen LogP contribution is 2.40. The molecule has 1 saturated heterocycles. The van der Waals surface area contributed by atoms with Gasteiger partial charge in [0.2, 0.25) is 5.75 Å². The Morgan fingerprint density at radius 1 is 1.08 bits per heavy atom. The molecule has 0 aliphatic carbocycles. The molecule has 1 aliphatic rings. The number of aromatic hydroxyl groups is 1. The fraction of sp³-hybridized carbons (Fsp3) is 0.111. The molecule has 2 aromatic carbocycles. The second-order valence-corrected chi connectivity index (χ2v) is 6.70. The average Bonchev–Trinajstić information content (AvgIpc) is 2.90. The lowest BCUT2D eigenvalue weighted by molar-refractivity contribution is -0.113. The Hall–Kier alpha value is -2.64. The molecule has 2 amide bonds. The van der Waals surface area contributed by atoms with E-state index in [4.69, 9.17) is 21.1 Å². The van der Waals surface area contributed by atoms with E-state index in [1.54, 1.807) is 42.5 Å². The van der Waals surface area contributed by atoms with Crippen molar-refractivity contribution >= 4 is 46.3 Å². The highest BCUT2D eigenvalue weighted by atomic mass is 35.5. The molecule has 3 rings (SSSR count). The van der Waals surface area contributed by atoms with Crippen LogP contribution in [0.4, 0.5) is 10.5 Å². The summed E-state index contributed by atoms with van der Waals surface area (Å²) in [5.74, 6) is -0.171. The van der Waals surface area contributed by atoms with Gasteiger partial charge in [-0.1, -0.05) is 11.6 Å². The molecule has 6 nitrogen and oxygen atoms in total. The normalized spacial score (nSPS) is 15.7. The molecular weight excluding hydrogens is 378 g/mol. The quantitative estimate of drug-likeness (QED) is 0.783. The molecule has 1 aliphatic heterocycles. The standard InChI is InChI=1S/C18H14ClNO5S/c1-24-13-7-10(8-14(25-2)16(13)21)9-15-17(22)20(18(23)26-15)12-5-3-11(19)4-6-12/h3-9,21H,1-2H3/b15-9+. The molecule has 1 heterocycles. The van der Waals surface area contributed by atoms with Gasteiger partial charge in [0.15, 0.2) is 11.5 Å². The molecule has 0 saturated carbocycles. The van der Waals surface area contributed by atoms with Crippen LogP contribution in [0.2, 0.25) is 5.02 Å². The van der Waals surface area contributed by atoms with Crippen molar-refractivity contribution in [2.24, 2.45) is 0 Å². The Kier molecular flexibility index (Phi) is 5.11. The molecular formula is C18H14ClNO5S. The number of amides is 2. The maximum Gasteiger partial charge on any atom is 0.298 e. The van der Waals surface area contributed by atoms with Crippen molar-refractivity contribution in [3.05, 3.63) is 51.9 Å². The van der Waals surface area contributed by atoms with Gasteiger partial charge in [0.25, 0.3) is 11.1 Å². The molecule has 8 heteroatoms. The van der Waals surface area contributed by atoms with Crippen molar-refractivity contribution in [3.8, 4) is 17.2 Å². The largest absolute Gasteiger partial charge is 0.502 e. The number of phenols is 1. The number of nitrogens with zero attached hydrogens (tertiary/aromatic N) is 1. The second-order valence-electron chi connectivity index (χ2n) is 5.27. The van der Waals surface area contributed by atoms with Crippen molar-refractivity contribution in [2.75, 3.05) is 19.1 Å². The van der Waals surface area contributed by atoms with Crippen molar-refractivity contribution in [1.82, 2.24) is 0 Å². The molecule has 0 unspecified atom stereocenters. The predicted molar refractivity (Wildman–Crippen MR) is 101 cm³/mol. The summed E-state index contributed by atoms with van der Waals surface area (Å²) in [6, 6.07) is 9.53. The minimum atomic E-state index is -0.437. The van der Waals surface area contributed by atoms with Gasteiger partial charge in [-0.05, 0) is 59.8 Å². The average molecular weight is 392 g/mol. The van der Waals surface area contributed by atoms with Gasteiger partial charge >= 0.3 is 0 Å². The first-order valence-electron chi connectivity index (χ1n) is 7.43. The first-order valence-corrected chi connectivity index (χ1v) is 8.62. The number of methoxy groups -OCH3 is 2. The van der Waals surface area contributed by atoms with E-state index in [0.717, 1.165) is 16.7 Å². The Morgan fingerprint density at radius 2 is 1.65 bits per heavy atom. The Balaban J connectivity index is 1.97. The summed E-state index contributed by atoms with van der Waals surface area (Å²) in [5.41, 5.74) is 0.999. The maximum absolute atomic E-state index is 12.7. The van der Waals surface area contributed by atoms with Gasteiger partial charge in [-0.25, -0.2) is 4.90 Å². The summed E-state index contributed by atoms with van der Waals surface area (Å²) < 4.78 is 10.2. The van der Waals surface area contributed by atoms with Crippen molar-refractivity contribution < 1.29 is 24.2 Å². The van der Waals surface area contributed by atoms with E-state index < -0.39 is 11.1 Å². The van der Waals surface area contributed by atoms with Crippen LogP contribution in [0.25, 0.3) is 6.08 Å². The zero-order chi connectivity index (χ0) is 18.8. The molecule has 26 heavy (non-hydrogen) atoms. The maximum atomic E-state index is 12.7. The van der Waals surface area contributed by atoms with Crippen molar-refractivity contribution in [1.29, 1.82) is 0 Å². The number of carbonyl (C=O) groups is 2. The number of carbonyl (C=O) groups excluding carboxylic acids is 2. The van der Waals surface area contributed by atoms with Crippen LogP contribution >= 0.6 is 23.4 Å². The van der Waals surface area contributed by atoms with Gasteiger partial charge in [0.1, 0.15) is 0 Å². The van der Waals surface area contributed by atoms with Gasteiger partial charge in [-0.15, -0.1) is 0 Å². The minimum absolute atomic E-state index is 0.138. The summed E-state index contributed by atoms with van der Waals surface area (Å²) >= 11 is 6.68. The fourth-order valence-electron chi connectivity index (χ4n) is 2.43. The molecule has 134 valence electrons. The second kappa shape index (κ2) is 7.31. The number of anilines is 1. The number of rotatable bonds is 4. The van der Waals surface area contributed by atoms with Crippen LogP contribution in [-0.2, 0) is 4.79 Å². The first-order chi connectivity index (χ1) is 12.4. The molecule has 0 bridgehead atoms. The summed E-state index contributed by atoms with van der Waals surface area (Å²) in [5, 5.41) is 10.1. The first kappa shape index (κ1) is 18.2. The van der Waals surface area contributed by atoms with E-state index in [-0.39, 0.29) is 22.2 Å². The van der Waals surface area contributed by atoms with Crippen LogP contribution < -0.4 is 14.4 Å². The van der Waals surface area contributed by atoms with Gasteiger partial charge < -0.3 is 14.6 Å². The molecule has 0 spiro atoms. The number of hydrogen-bond donors (Lipinski definition) is 1. The lowest BCUT2D eigenvalue weighted by Gasteiger charge is -2.12. The monoisotopic (exact) mass is 391 g/mol. The summed E-state index contributed by atoms with van der Waals surface area (Å²) in [7, 11) is 2.82. The van der Waals surface area contributed by atoms with E-state index in [1.165, 1.54) is 14.2 Å². The zero-order valence-corrected chi connectivity index (χ0v) is 15.4. The Morgan fingerprint density at radius 3 is 2.19 bits per heavy atom. The van der Waals surface area contributed by atoms with E-state index >= 15 is 0 Å². The summed E-state index contributed by atoms with van der Waals surface area (Å²) in [6.45, 7) is 0. The summed E-state index contributed by atoms with van der Waals surface area (Å²) in [6.07, 6.45) is 1.55. The number of thioether (sulfide) groups is 1. The van der Waals surface area contributed by atoms with E-state index in [1.807, 2.05) is 0 Å². The number of hydrogen-bond acceptors (Lipinski definition) is 6. The van der Waals surface area contributed by atoms with Crippen LogP contribution in [0.15, 0.2) is 41.3 Å². The van der Waals surface area contributed by atoms with Crippen LogP contribution in [0.5, 0.6) is 17.2 Å². The minimum Gasteiger partial charge on any atom is -0.502 e. The number of halogens is 1. The number of benzene rings is 2. The third kappa shape index (κ3) is 3.36. The van der Waals surface area contributed by atoms with Gasteiger partial charge in [-0.2, -0.15) is 0 Å². The summed E-state index contributed by atoms with van der Waals surface area (Å²) in [4.78, 5) is 26.3. The molecule has 1 fully saturated rings. The van der Waals surface area contributed by atoms with Crippen molar-refractivity contribution in [2.45, 2.75) is 0 Å². The zero-order valence-electron chi connectivity index (χ0n) is 13.9. The number of phenolic OH excluding ortho intramolecular Hbond substituents is 1. The number of ether oxygens (including phenoxy) is 2. The van der Waals surface area contributed by atoms with E-state index in [9.17, 15) is 14.7 Å². The van der Waals surface area contributed by atoms with Crippen LogP contribution in [-0.4, -0.2) is 30.5 Å². The van der Waals surface area contributed by atoms with Crippen molar-refractivity contribution in [3.63, 3.8) is 0 Å². The third-order valence-electron chi connectivity index (χ3n) is 3.68. The number of imide groups is 1. The highest BCUT2D eigenvalue weighted by Gasteiger charge is 2.36. The molecule has 0 radical (unpaired) electrons. The Labute approximate surface area is 159 Å². The molecule has 0 atom stereocenters. The van der Waals surface area contributed by atoms with Gasteiger partial charge in [-0.3, -0.25) is 9.59 Å². The van der Waals surface area contributed by atoms with Gasteiger partial charge in [0.05, 0.1) is 24.8 Å². The lowest BCUT2D eigenvalue weighted by atomic mass is 10.1. The topological polar surface area (TPSA) is 76.1 Å². The van der Waals surface area contributed by atoms with Crippen LogP contribution in [0, 0.1) is 0 Å². The third-order valence-corrected chi connectivity index (χ3v) is 4.80. The smallest absolute Gasteiger partial charge is 0.298 e. The predicted octanol–water partition coefficient (Wildman–Crippen LogP) is 4.30. The highest BCUT2D eigenvalue weighted by molar-refractivity contribution is 8.19. The van der Waals surface area contributed by atoms with Gasteiger partial charge in [0, 0.05) is 5.02 Å².